The van der Waals surface area contributed by atoms with Crippen molar-refractivity contribution in [2.45, 2.75) is 39.2 Å². The Morgan fingerprint density at radius 2 is 2.33 bits per heavy atom. The average molecular weight is 143 g/mol. The standard InChI is InChI=1S/C7H13NS/c1-3-4-5-7(2)8-6-9/h7H,3-5H2,1-2H3/t7-/m0/s1. The van der Waals surface area contributed by atoms with Crippen LogP contribution in [0.3, 0.4) is 0 Å². The van der Waals surface area contributed by atoms with Gasteiger partial charge in [-0.15, -0.1) is 0 Å². The fourth-order valence-corrected chi connectivity index (χ4v) is 0.834. The molecule has 1 atom stereocenters. The third kappa shape index (κ3) is 5.67. The second-order valence-corrected chi connectivity index (χ2v) is 2.39. The molecular weight excluding hydrogens is 130 g/mol. The van der Waals surface area contributed by atoms with E-state index in [1.54, 1.807) is 0 Å². The van der Waals surface area contributed by atoms with E-state index in [0.29, 0.717) is 6.04 Å². The lowest BCUT2D eigenvalue weighted by Gasteiger charge is -1.99. The molecule has 0 radical (unpaired) electrons. The van der Waals surface area contributed by atoms with Crippen LogP contribution in [-0.4, -0.2) is 11.2 Å². The molecule has 0 aromatic rings. The molecule has 52 valence electrons. The van der Waals surface area contributed by atoms with Crippen molar-refractivity contribution in [1.82, 2.24) is 0 Å². The SMILES string of the molecule is CCCC[C@H](C)N=C=S. The number of unbranched alkanes of at least 4 members (excludes halogenated alkanes) is 1. The number of hydrogen-bond acceptors (Lipinski definition) is 2. The lowest BCUT2D eigenvalue weighted by atomic mass is 10.2. The van der Waals surface area contributed by atoms with Gasteiger partial charge in [-0.25, -0.2) is 4.99 Å². The molecule has 9 heavy (non-hydrogen) atoms. The molecule has 0 saturated heterocycles. The number of isothiocyanates is 1. The van der Waals surface area contributed by atoms with Gasteiger partial charge >= 0.3 is 0 Å². The van der Waals surface area contributed by atoms with Gasteiger partial charge in [0.1, 0.15) is 0 Å². The minimum atomic E-state index is 0.377. The van der Waals surface area contributed by atoms with E-state index in [-0.39, 0.29) is 0 Å². The second kappa shape index (κ2) is 5.93. The Morgan fingerprint density at radius 1 is 1.67 bits per heavy atom. The maximum Gasteiger partial charge on any atom is 0.0587 e. The van der Waals surface area contributed by atoms with E-state index in [4.69, 9.17) is 0 Å². The number of nitrogens with zero attached hydrogens (tertiary/aromatic N) is 1. The summed E-state index contributed by atoms with van der Waals surface area (Å²) in [4.78, 5) is 3.93. The predicted molar refractivity (Wildman–Crippen MR) is 44.0 cm³/mol. The van der Waals surface area contributed by atoms with Crippen molar-refractivity contribution in [3.8, 4) is 0 Å². The summed E-state index contributed by atoms with van der Waals surface area (Å²) in [6, 6.07) is 0.377. The molecular formula is C7H13NS. The van der Waals surface area contributed by atoms with Crippen LogP contribution in [0.25, 0.3) is 0 Å². The van der Waals surface area contributed by atoms with Crippen LogP contribution in [0, 0.1) is 0 Å². The molecule has 0 rings (SSSR count). The summed E-state index contributed by atoms with van der Waals surface area (Å²) in [5.74, 6) is 0. The summed E-state index contributed by atoms with van der Waals surface area (Å²) >= 11 is 4.46. The molecule has 0 aliphatic carbocycles. The highest BCUT2D eigenvalue weighted by Crippen LogP contribution is 2.01. The molecule has 0 aliphatic rings. The predicted octanol–water partition coefficient (Wildman–Crippen LogP) is 2.67. The summed E-state index contributed by atoms with van der Waals surface area (Å²) in [5, 5.41) is 2.38. The summed E-state index contributed by atoms with van der Waals surface area (Å²) in [6.45, 7) is 4.24. The van der Waals surface area contributed by atoms with Gasteiger partial charge in [-0.1, -0.05) is 19.8 Å². The fourth-order valence-electron chi connectivity index (χ4n) is 0.654. The van der Waals surface area contributed by atoms with Crippen LogP contribution in [-0.2, 0) is 0 Å². The van der Waals surface area contributed by atoms with Crippen molar-refractivity contribution in [3.63, 3.8) is 0 Å². The molecule has 0 amide bonds. The fraction of sp³-hybridized carbons (Fsp3) is 0.857. The molecule has 0 unspecified atom stereocenters. The molecule has 0 fully saturated rings. The zero-order valence-corrected chi connectivity index (χ0v) is 6.87. The first-order chi connectivity index (χ1) is 4.31. The highest BCUT2D eigenvalue weighted by atomic mass is 32.1. The van der Waals surface area contributed by atoms with Gasteiger partial charge in [-0.2, -0.15) is 0 Å². The molecule has 0 heterocycles. The van der Waals surface area contributed by atoms with E-state index in [9.17, 15) is 0 Å². The van der Waals surface area contributed by atoms with Gasteiger partial charge in [0, 0.05) is 0 Å². The van der Waals surface area contributed by atoms with E-state index in [0.717, 1.165) is 6.42 Å². The highest BCUT2D eigenvalue weighted by Gasteiger charge is 1.94. The number of hydrogen-bond donors (Lipinski definition) is 0. The van der Waals surface area contributed by atoms with Crippen LogP contribution < -0.4 is 0 Å². The Bertz CT molecular complexity index is 105. The van der Waals surface area contributed by atoms with E-state index in [1.807, 2.05) is 0 Å². The molecule has 2 heteroatoms. The minimum absolute atomic E-state index is 0.377. The largest absolute Gasteiger partial charge is 0.229 e. The Morgan fingerprint density at radius 3 is 2.78 bits per heavy atom. The Kier molecular flexibility index (Phi) is 5.80. The maximum atomic E-state index is 4.46. The van der Waals surface area contributed by atoms with Crippen LogP contribution >= 0.6 is 12.2 Å². The Hall–Kier alpha value is -0.200. The Balaban J connectivity index is 3.26. The lowest BCUT2D eigenvalue weighted by molar-refractivity contribution is 0.620. The van der Waals surface area contributed by atoms with E-state index in [1.165, 1.54) is 12.8 Å². The molecule has 0 aromatic heterocycles. The second-order valence-electron chi connectivity index (χ2n) is 2.21. The first-order valence-electron chi connectivity index (χ1n) is 3.38. The van der Waals surface area contributed by atoms with Crippen LogP contribution in [0.1, 0.15) is 33.1 Å². The molecule has 1 nitrogen and oxygen atoms in total. The quantitative estimate of drug-likeness (QED) is 0.435. The Labute approximate surface area is 62.2 Å². The van der Waals surface area contributed by atoms with Crippen molar-refractivity contribution < 1.29 is 0 Å². The summed E-state index contributed by atoms with van der Waals surface area (Å²) in [5.41, 5.74) is 0. The summed E-state index contributed by atoms with van der Waals surface area (Å²) in [7, 11) is 0. The first-order valence-corrected chi connectivity index (χ1v) is 3.79. The van der Waals surface area contributed by atoms with Gasteiger partial charge in [0.25, 0.3) is 0 Å². The van der Waals surface area contributed by atoms with Crippen LogP contribution in [0.15, 0.2) is 4.99 Å². The van der Waals surface area contributed by atoms with Gasteiger partial charge in [0.05, 0.1) is 11.2 Å². The highest BCUT2D eigenvalue weighted by molar-refractivity contribution is 7.78. The van der Waals surface area contributed by atoms with Crippen LogP contribution in [0.2, 0.25) is 0 Å². The third-order valence-electron chi connectivity index (χ3n) is 1.25. The molecule has 0 N–H and O–H groups in total. The normalized spacial score (nSPS) is 12.2. The van der Waals surface area contributed by atoms with Gasteiger partial charge in [-0.05, 0) is 25.6 Å². The average Bonchev–Trinajstić information content (AvgIpc) is 1.85. The van der Waals surface area contributed by atoms with Crippen LogP contribution in [0.5, 0.6) is 0 Å². The van der Waals surface area contributed by atoms with Crippen molar-refractivity contribution in [2.24, 2.45) is 4.99 Å². The molecule has 0 spiro atoms. The van der Waals surface area contributed by atoms with E-state index < -0.39 is 0 Å². The lowest BCUT2D eigenvalue weighted by Crippen LogP contribution is -1.95. The van der Waals surface area contributed by atoms with Gasteiger partial charge in [0.15, 0.2) is 0 Å². The van der Waals surface area contributed by atoms with Crippen molar-refractivity contribution >= 4 is 17.4 Å². The zero-order valence-electron chi connectivity index (χ0n) is 6.05. The maximum absolute atomic E-state index is 4.46. The van der Waals surface area contributed by atoms with Crippen molar-refractivity contribution in [3.05, 3.63) is 0 Å². The van der Waals surface area contributed by atoms with E-state index in [2.05, 4.69) is 36.2 Å². The van der Waals surface area contributed by atoms with Gasteiger partial charge < -0.3 is 0 Å². The van der Waals surface area contributed by atoms with Crippen molar-refractivity contribution in [2.75, 3.05) is 0 Å². The first kappa shape index (κ1) is 8.80. The monoisotopic (exact) mass is 143 g/mol. The minimum Gasteiger partial charge on any atom is -0.229 e. The third-order valence-corrected chi connectivity index (χ3v) is 1.35. The number of rotatable bonds is 4. The smallest absolute Gasteiger partial charge is 0.0587 e. The molecule has 0 saturated carbocycles. The molecule has 0 bridgehead atoms. The number of thiocarbonyl (C=S) groups is 1. The molecule has 0 aliphatic heterocycles. The van der Waals surface area contributed by atoms with Crippen molar-refractivity contribution in [1.29, 1.82) is 0 Å². The topological polar surface area (TPSA) is 12.4 Å². The number of aliphatic imine (C=N–C) groups is 1. The zero-order chi connectivity index (χ0) is 7.11. The molecule has 0 aromatic carbocycles. The summed E-state index contributed by atoms with van der Waals surface area (Å²) < 4.78 is 0. The van der Waals surface area contributed by atoms with Crippen LogP contribution in [0.4, 0.5) is 0 Å². The van der Waals surface area contributed by atoms with Gasteiger partial charge in [0.2, 0.25) is 0 Å². The van der Waals surface area contributed by atoms with Gasteiger partial charge in [-0.3, -0.25) is 0 Å². The summed E-state index contributed by atoms with van der Waals surface area (Å²) in [6.07, 6.45) is 3.61. The van der Waals surface area contributed by atoms with E-state index >= 15 is 0 Å².